The number of benzene rings is 1. The maximum Gasteiger partial charge on any atom is 0.225 e. The van der Waals surface area contributed by atoms with Gasteiger partial charge in [-0.2, -0.15) is 0 Å². The van der Waals surface area contributed by atoms with E-state index >= 15 is 0 Å². The fourth-order valence-electron chi connectivity index (χ4n) is 2.85. The summed E-state index contributed by atoms with van der Waals surface area (Å²) in [5.74, 6) is -0.0238. The van der Waals surface area contributed by atoms with Gasteiger partial charge in [0, 0.05) is 31.1 Å². The van der Waals surface area contributed by atoms with Crippen molar-refractivity contribution in [1.82, 2.24) is 10.2 Å². The summed E-state index contributed by atoms with van der Waals surface area (Å²) in [6.45, 7) is 7.80. The Labute approximate surface area is 126 Å². The van der Waals surface area contributed by atoms with Crippen LogP contribution in [0.25, 0.3) is 0 Å². The smallest absolute Gasteiger partial charge is 0.225 e. The Hall–Kier alpha value is -1.42. The molecule has 21 heavy (non-hydrogen) atoms. The fourth-order valence-corrected chi connectivity index (χ4v) is 2.85. The highest BCUT2D eigenvalue weighted by molar-refractivity contribution is 5.79. The van der Waals surface area contributed by atoms with Crippen molar-refractivity contribution in [3.8, 4) is 0 Å². The Morgan fingerprint density at radius 1 is 1.48 bits per heavy atom. The van der Waals surface area contributed by atoms with Crippen LogP contribution in [0.3, 0.4) is 0 Å². The zero-order chi connectivity index (χ0) is 15.4. The van der Waals surface area contributed by atoms with Crippen molar-refractivity contribution in [3.63, 3.8) is 0 Å². The molecule has 1 heterocycles. The summed E-state index contributed by atoms with van der Waals surface area (Å²) in [4.78, 5) is 14.5. The minimum Gasteiger partial charge on any atom is -0.337 e. The van der Waals surface area contributed by atoms with Crippen molar-refractivity contribution in [2.24, 2.45) is 5.92 Å². The number of nitrogens with one attached hydrogen (secondary N) is 1. The number of piperazine rings is 1. The molecule has 1 saturated heterocycles. The predicted molar refractivity (Wildman–Crippen MR) is 82.5 cm³/mol. The van der Waals surface area contributed by atoms with Crippen LogP contribution in [0.2, 0.25) is 0 Å². The first kappa shape index (κ1) is 16.0. The highest BCUT2D eigenvalue weighted by Crippen LogP contribution is 2.17. The third-order valence-corrected chi connectivity index (χ3v) is 4.49. The van der Waals surface area contributed by atoms with Crippen LogP contribution in [0.4, 0.5) is 4.39 Å². The molecule has 1 aliphatic rings. The predicted octanol–water partition coefficient (Wildman–Crippen LogP) is 2.60. The van der Waals surface area contributed by atoms with Crippen LogP contribution < -0.4 is 5.32 Å². The third kappa shape index (κ3) is 4.03. The van der Waals surface area contributed by atoms with Crippen molar-refractivity contribution in [1.29, 1.82) is 0 Å². The molecule has 3 nitrogen and oxygen atoms in total. The quantitative estimate of drug-likeness (QED) is 0.925. The highest BCUT2D eigenvalue weighted by Gasteiger charge is 2.30. The van der Waals surface area contributed by atoms with E-state index in [4.69, 9.17) is 0 Å². The number of rotatable bonds is 4. The second kappa shape index (κ2) is 7.03. The van der Waals surface area contributed by atoms with Gasteiger partial charge in [-0.25, -0.2) is 4.39 Å². The summed E-state index contributed by atoms with van der Waals surface area (Å²) in [6.07, 6.45) is 1.49. The first-order valence-electron chi connectivity index (χ1n) is 7.77. The Morgan fingerprint density at radius 2 is 2.24 bits per heavy atom. The Kier molecular flexibility index (Phi) is 5.34. The lowest BCUT2D eigenvalue weighted by atomic mass is 9.97. The molecule has 1 aromatic carbocycles. The van der Waals surface area contributed by atoms with Crippen LogP contribution in [0.15, 0.2) is 24.3 Å². The molecule has 1 aromatic rings. The monoisotopic (exact) mass is 292 g/mol. The third-order valence-electron chi connectivity index (χ3n) is 4.49. The SMILES string of the molecule is CC(CCc1cccc(F)c1)C(=O)N1CCNC(C)C1C. The van der Waals surface area contributed by atoms with Crippen LogP contribution >= 0.6 is 0 Å². The minimum atomic E-state index is -0.212. The van der Waals surface area contributed by atoms with Gasteiger partial charge in [-0.1, -0.05) is 19.1 Å². The van der Waals surface area contributed by atoms with E-state index in [2.05, 4.69) is 19.2 Å². The molecule has 3 unspecified atom stereocenters. The second-order valence-electron chi connectivity index (χ2n) is 6.08. The number of hydrogen-bond donors (Lipinski definition) is 1. The van der Waals surface area contributed by atoms with Crippen LogP contribution in [0.5, 0.6) is 0 Å². The Morgan fingerprint density at radius 3 is 2.95 bits per heavy atom. The molecule has 0 bridgehead atoms. The van der Waals surface area contributed by atoms with Gasteiger partial charge < -0.3 is 10.2 Å². The summed E-state index contributed by atoms with van der Waals surface area (Å²) in [5, 5.41) is 3.38. The molecular formula is C17H25FN2O. The maximum atomic E-state index is 13.2. The molecule has 0 spiro atoms. The molecule has 1 N–H and O–H groups in total. The van der Waals surface area contributed by atoms with Gasteiger partial charge in [0.15, 0.2) is 0 Å². The zero-order valence-corrected chi connectivity index (χ0v) is 13.1. The van der Waals surface area contributed by atoms with Crippen molar-refractivity contribution < 1.29 is 9.18 Å². The average molecular weight is 292 g/mol. The maximum absolute atomic E-state index is 13.2. The molecule has 0 aliphatic carbocycles. The number of halogens is 1. The molecule has 0 radical (unpaired) electrons. The van der Waals surface area contributed by atoms with E-state index in [1.807, 2.05) is 17.9 Å². The van der Waals surface area contributed by atoms with Crippen LogP contribution in [-0.4, -0.2) is 36.0 Å². The molecule has 1 aliphatic heterocycles. The van der Waals surface area contributed by atoms with Crippen molar-refractivity contribution in [2.75, 3.05) is 13.1 Å². The molecule has 2 rings (SSSR count). The normalized spacial score (nSPS) is 23.9. The number of aryl methyl sites for hydroxylation is 1. The van der Waals surface area contributed by atoms with E-state index < -0.39 is 0 Å². The number of hydrogen-bond acceptors (Lipinski definition) is 2. The van der Waals surface area contributed by atoms with E-state index in [0.717, 1.165) is 31.5 Å². The topological polar surface area (TPSA) is 32.3 Å². The van der Waals surface area contributed by atoms with Crippen molar-refractivity contribution in [3.05, 3.63) is 35.6 Å². The summed E-state index contributed by atoms with van der Waals surface area (Å²) in [7, 11) is 0. The van der Waals surface area contributed by atoms with Crippen LogP contribution in [0, 0.1) is 11.7 Å². The first-order chi connectivity index (χ1) is 9.99. The van der Waals surface area contributed by atoms with Gasteiger partial charge >= 0.3 is 0 Å². The summed E-state index contributed by atoms with van der Waals surface area (Å²) < 4.78 is 13.2. The van der Waals surface area contributed by atoms with E-state index in [1.165, 1.54) is 6.07 Å². The zero-order valence-electron chi connectivity index (χ0n) is 13.1. The average Bonchev–Trinajstić information content (AvgIpc) is 2.47. The van der Waals surface area contributed by atoms with Crippen LogP contribution in [0.1, 0.15) is 32.8 Å². The van der Waals surface area contributed by atoms with Crippen molar-refractivity contribution in [2.45, 2.75) is 45.7 Å². The molecule has 4 heteroatoms. The van der Waals surface area contributed by atoms with Crippen molar-refractivity contribution >= 4 is 5.91 Å². The lowest BCUT2D eigenvalue weighted by molar-refractivity contribution is -0.138. The number of nitrogens with zero attached hydrogens (tertiary/aromatic N) is 1. The number of carbonyl (C=O) groups is 1. The van der Waals surface area contributed by atoms with Gasteiger partial charge in [0.25, 0.3) is 0 Å². The minimum absolute atomic E-state index is 0.0268. The molecule has 116 valence electrons. The number of carbonyl (C=O) groups excluding carboxylic acids is 1. The van der Waals surface area contributed by atoms with Gasteiger partial charge in [0.1, 0.15) is 5.82 Å². The number of amides is 1. The van der Waals surface area contributed by atoms with Gasteiger partial charge in [-0.3, -0.25) is 4.79 Å². The first-order valence-corrected chi connectivity index (χ1v) is 7.77. The van der Waals surface area contributed by atoms with Gasteiger partial charge in [0.05, 0.1) is 0 Å². The van der Waals surface area contributed by atoms with E-state index in [1.54, 1.807) is 12.1 Å². The molecule has 0 aromatic heterocycles. The Bertz CT molecular complexity index is 491. The Balaban J connectivity index is 1.90. The lowest BCUT2D eigenvalue weighted by Gasteiger charge is -2.40. The molecule has 3 atom stereocenters. The van der Waals surface area contributed by atoms with Gasteiger partial charge in [0.2, 0.25) is 5.91 Å². The second-order valence-corrected chi connectivity index (χ2v) is 6.08. The summed E-state index contributed by atoms with van der Waals surface area (Å²) in [6, 6.07) is 7.18. The van der Waals surface area contributed by atoms with Gasteiger partial charge in [-0.15, -0.1) is 0 Å². The summed E-state index contributed by atoms with van der Waals surface area (Å²) >= 11 is 0. The largest absolute Gasteiger partial charge is 0.337 e. The van der Waals surface area contributed by atoms with E-state index in [-0.39, 0.29) is 23.7 Å². The van der Waals surface area contributed by atoms with E-state index in [0.29, 0.717) is 6.04 Å². The highest BCUT2D eigenvalue weighted by atomic mass is 19.1. The van der Waals surface area contributed by atoms with Crippen LogP contribution in [-0.2, 0) is 11.2 Å². The summed E-state index contributed by atoms with van der Waals surface area (Å²) in [5.41, 5.74) is 0.955. The standard InChI is InChI=1S/C17H25FN2O/c1-12(7-8-15-5-4-6-16(18)11-15)17(21)20-10-9-19-13(2)14(20)3/h4-6,11-14,19H,7-10H2,1-3H3. The fraction of sp³-hybridized carbons (Fsp3) is 0.588. The molecule has 0 saturated carbocycles. The molecule has 1 amide bonds. The van der Waals surface area contributed by atoms with E-state index in [9.17, 15) is 9.18 Å². The molecule has 1 fully saturated rings. The molecular weight excluding hydrogens is 267 g/mol. The lowest BCUT2D eigenvalue weighted by Crippen LogP contribution is -2.58. The van der Waals surface area contributed by atoms with Gasteiger partial charge in [-0.05, 0) is 44.4 Å².